The number of likely N-dealkylation sites (tertiary alicyclic amines) is 1. The molecule has 23 nitrogen and oxygen atoms in total. The van der Waals surface area contributed by atoms with Crippen LogP contribution >= 0.6 is 11.8 Å². The summed E-state index contributed by atoms with van der Waals surface area (Å²) in [5, 5.41) is 16.9. The van der Waals surface area contributed by atoms with Crippen LogP contribution in [0.5, 0.6) is 5.75 Å². The zero-order chi connectivity index (χ0) is 60.9. The van der Waals surface area contributed by atoms with Gasteiger partial charge >= 0.3 is 18.2 Å². The minimum Gasteiger partial charge on any atom is -0.496 e. The molecule has 4 aliphatic heterocycles. The number of nitrogens with one attached hydrogen (secondary N) is 2. The first-order chi connectivity index (χ1) is 39.3. The van der Waals surface area contributed by atoms with Gasteiger partial charge in [-0.1, -0.05) is 55.5 Å². The number of fused-ring (bicyclic) bond motifs is 5. The predicted octanol–water partition coefficient (Wildman–Crippen LogP) is 5.06. The normalized spacial score (nSPS) is 28.8. The largest absolute Gasteiger partial charge is 0.496 e. The Kier molecular flexibility index (Phi) is 23.4. The van der Waals surface area contributed by atoms with Crippen LogP contribution in [0.15, 0.2) is 48.1 Å². The summed E-state index contributed by atoms with van der Waals surface area (Å²) in [6, 6.07) is 2.66. The SMILES string of the molecule is COc1cc2cc(c1C)N(C)C(=O)C[C@H](OC(=O)[C@H](C)N(C)C(=O)CCSC(=O)C(C)CCN(C)C(=O)OC1/C=C/CC(OCC(=O)NCCN3C(=O)CCC3=O)CCC1)[C@]1(C)O[C@H]1[C@H](C)[C@@H]1CC(O)(NC(=O)O1)C(OC)/C=C/C=C(\C)C2. The lowest BCUT2D eigenvalue weighted by Crippen LogP contribution is -2.63. The number of carbonyl (C=O) groups is 9. The van der Waals surface area contributed by atoms with Crippen LogP contribution < -0.4 is 20.3 Å². The number of epoxide rings is 1. The second-order valence-electron chi connectivity index (χ2n) is 22.5. The quantitative estimate of drug-likeness (QED) is 0.0536. The summed E-state index contributed by atoms with van der Waals surface area (Å²) in [6.45, 7) is 10.9. The standard InChI is InChI=1S/C59H84N6O17S/c1-35-15-12-20-46(77-11)59(75)33-45(80-56(73)61-59)38(4)53-58(6,82-53)47(32-52(70)64(9)43-30-40(29-35)31-44(76-10)37(43)3)81-54(71)39(5)63(8)49(67)24-28-83-55(72)36(2)23-26-62(7)57(74)79-42-18-13-16-41(17-14-19-42)78-34-48(66)60-25-27-65-50(68)21-22-51(65)69/h12-13,15,18,20,30-31,36,38-39,41-42,45-47,53,75H,14,16-17,19,21-29,32-34H2,1-11H3,(H,60,66)(H,61,73)/b18-13+,20-12+,35-15+/t36?,38-,39+,41?,42?,45+,46?,47+,53+,58+,59?/m1/s1. The minimum atomic E-state index is -1.87. The smallest absolute Gasteiger partial charge is 0.410 e. The van der Waals surface area contributed by atoms with E-state index in [0.29, 0.717) is 55.5 Å². The summed E-state index contributed by atoms with van der Waals surface area (Å²) >= 11 is 0.981. The van der Waals surface area contributed by atoms with Gasteiger partial charge in [0.25, 0.3) is 0 Å². The Bertz CT molecular complexity index is 2650. The molecule has 11 atom stereocenters. The Morgan fingerprint density at radius 2 is 1.72 bits per heavy atom. The van der Waals surface area contributed by atoms with Crippen LogP contribution in [0.2, 0.25) is 0 Å². The maximum Gasteiger partial charge on any atom is 0.410 e. The zero-order valence-electron chi connectivity index (χ0n) is 49.7. The van der Waals surface area contributed by atoms with E-state index in [-0.39, 0.29) is 93.0 Å². The van der Waals surface area contributed by atoms with E-state index in [4.69, 9.17) is 33.2 Å². The third-order valence-electron chi connectivity index (χ3n) is 16.3. The number of esters is 1. The van der Waals surface area contributed by atoms with Gasteiger partial charge in [0.1, 0.15) is 48.4 Å². The molecule has 1 aromatic carbocycles. The summed E-state index contributed by atoms with van der Waals surface area (Å²) in [6.07, 6.45) is 6.08. The third-order valence-corrected chi connectivity index (χ3v) is 17.4. The first-order valence-corrected chi connectivity index (χ1v) is 29.4. The lowest BCUT2D eigenvalue weighted by molar-refractivity contribution is -0.162. The van der Waals surface area contributed by atoms with E-state index >= 15 is 0 Å². The van der Waals surface area contributed by atoms with Crippen molar-refractivity contribution in [2.75, 3.05) is 72.3 Å². The molecule has 4 heterocycles. The number of ether oxygens (including phenoxy) is 7. The number of hydrogen-bond acceptors (Lipinski definition) is 18. The van der Waals surface area contributed by atoms with Crippen molar-refractivity contribution >= 4 is 70.3 Å². The zero-order valence-corrected chi connectivity index (χ0v) is 50.5. The van der Waals surface area contributed by atoms with Crippen LogP contribution in [0.3, 0.4) is 0 Å². The number of methoxy groups -OCH3 is 2. The molecule has 3 fully saturated rings. The second kappa shape index (κ2) is 29.5. The fraction of sp³-hybridized carbons (Fsp3) is 0.644. The number of alkyl carbamates (subject to hydrolysis) is 1. The molecule has 458 valence electrons. The number of thioether (sulfide) groups is 1. The number of aliphatic hydroxyl groups is 1. The summed E-state index contributed by atoms with van der Waals surface area (Å²) < 4.78 is 41.2. The fourth-order valence-electron chi connectivity index (χ4n) is 10.7. The Hall–Kier alpha value is -6.34. The van der Waals surface area contributed by atoms with Gasteiger partial charge in [-0.15, -0.1) is 0 Å². The van der Waals surface area contributed by atoms with Gasteiger partial charge in [0.15, 0.2) is 10.8 Å². The number of benzene rings is 1. The Labute approximate surface area is 490 Å². The van der Waals surface area contributed by atoms with Crippen molar-refractivity contribution in [3.63, 3.8) is 0 Å². The van der Waals surface area contributed by atoms with E-state index in [0.717, 1.165) is 27.8 Å². The van der Waals surface area contributed by atoms with Crippen LogP contribution in [0.25, 0.3) is 0 Å². The molecule has 0 radical (unpaired) electrons. The Morgan fingerprint density at radius 1 is 1.00 bits per heavy atom. The monoisotopic (exact) mass is 1180 g/mol. The van der Waals surface area contributed by atoms with Crippen molar-refractivity contribution in [3.05, 3.63) is 59.2 Å². The number of likely N-dealkylation sites (N-methyl/N-ethyl adjacent to an activating group) is 1. The molecule has 0 spiro atoms. The van der Waals surface area contributed by atoms with Crippen molar-refractivity contribution in [1.82, 2.24) is 25.3 Å². The maximum absolute atomic E-state index is 14.5. The van der Waals surface area contributed by atoms with Gasteiger partial charge in [0, 0.05) is 96.7 Å². The van der Waals surface area contributed by atoms with Gasteiger partial charge in [-0.25, -0.2) is 14.4 Å². The minimum absolute atomic E-state index is 0.0843. The first kappa shape index (κ1) is 65.8. The number of anilines is 1. The Balaban J connectivity index is 0.990. The Morgan fingerprint density at radius 3 is 2.42 bits per heavy atom. The molecule has 5 aliphatic rings. The highest BCUT2D eigenvalue weighted by Gasteiger charge is 2.64. The molecule has 0 aromatic heterocycles. The van der Waals surface area contributed by atoms with Crippen molar-refractivity contribution in [1.29, 1.82) is 0 Å². The van der Waals surface area contributed by atoms with E-state index < -0.39 is 89.7 Å². The molecule has 24 heteroatoms. The molecule has 4 bridgehead atoms. The number of nitrogens with zero attached hydrogens (tertiary/aromatic N) is 4. The average molecular weight is 1180 g/mol. The molecule has 0 saturated carbocycles. The number of allylic oxidation sites excluding steroid dienone is 3. The molecule has 3 N–H and O–H groups in total. The number of carbonyl (C=O) groups excluding carboxylic acids is 9. The summed E-state index contributed by atoms with van der Waals surface area (Å²) in [5.74, 6) is -2.84. The number of hydrogen-bond donors (Lipinski definition) is 3. The average Bonchev–Trinajstić information content (AvgIpc) is 3.94. The highest BCUT2D eigenvalue weighted by Crippen LogP contribution is 2.49. The molecular formula is C59H84N6O17S. The van der Waals surface area contributed by atoms with Crippen LogP contribution in [-0.2, 0) is 68.4 Å². The number of imide groups is 1. The predicted molar refractivity (Wildman–Crippen MR) is 306 cm³/mol. The van der Waals surface area contributed by atoms with Gasteiger partial charge in [0.05, 0.1) is 31.4 Å². The van der Waals surface area contributed by atoms with Crippen molar-refractivity contribution in [2.24, 2.45) is 11.8 Å². The lowest BCUT2D eigenvalue weighted by Gasteiger charge is -2.42. The van der Waals surface area contributed by atoms with E-state index in [1.54, 1.807) is 60.2 Å². The van der Waals surface area contributed by atoms with Gasteiger partial charge < -0.3 is 58.3 Å². The topological polar surface area (TPSA) is 279 Å². The van der Waals surface area contributed by atoms with Crippen molar-refractivity contribution in [3.8, 4) is 5.75 Å². The summed E-state index contributed by atoms with van der Waals surface area (Å²) in [4.78, 5) is 123. The van der Waals surface area contributed by atoms with Crippen LogP contribution in [0.1, 0.15) is 110 Å². The molecule has 7 amide bonds. The van der Waals surface area contributed by atoms with E-state index in [1.807, 2.05) is 38.1 Å². The highest BCUT2D eigenvalue weighted by molar-refractivity contribution is 8.13. The van der Waals surface area contributed by atoms with E-state index in [9.17, 15) is 48.3 Å². The van der Waals surface area contributed by atoms with E-state index in [1.165, 1.54) is 35.8 Å². The van der Waals surface area contributed by atoms with Crippen molar-refractivity contribution in [2.45, 2.75) is 166 Å². The molecular weight excluding hydrogens is 1100 g/mol. The van der Waals surface area contributed by atoms with Gasteiger partial charge in [-0.2, -0.15) is 0 Å². The molecule has 83 heavy (non-hydrogen) atoms. The van der Waals surface area contributed by atoms with Gasteiger partial charge in [-0.3, -0.25) is 39.0 Å². The van der Waals surface area contributed by atoms with Crippen LogP contribution in [-0.4, -0.2) is 194 Å². The molecule has 1 aromatic rings. The number of rotatable bonds is 19. The van der Waals surface area contributed by atoms with E-state index in [2.05, 4.69) is 10.6 Å². The van der Waals surface area contributed by atoms with Crippen LogP contribution in [0, 0.1) is 18.8 Å². The van der Waals surface area contributed by atoms with Crippen LogP contribution in [0.4, 0.5) is 15.3 Å². The third kappa shape index (κ3) is 17.4. The lowest BCUT2D eigenvalue weighted by atomic mass is 9.83. The number of amides is 7. The van der Waals surface area contributed by atoms with Gasteiger partial charge in [0.2, 0.25) is 29.5 Å². The van der Waals surface area contributed by atoms with Crippen molar-refractivity contribution < 1.29 is 81.4 Å². The maximum atomic E-state index is 14.5. The first-order valence-electron chi connectivity index (χ1n) is 28.4. The molecule has 3 saturated heterocycles. The molecule has 5 unspecified atom stereocenters. The van der Waals surface area contributed by atoms with Gasteiger partial charge in [-0.05, 0) is 90.0 Å². The highest BCUT2D eigenvalue weighted by atomic mass is 32.2. The fourth-order valence-corrected chi connectivity index (χ4v) is 11.5. The molecule has 1 aliphatic carbocycles. The molecule has 6 rings (SSSR count). The summed E-state index contributed by atoms with van der Waals surface area (Å²) in [7, 11) is 7.65. The second-order valence-corrected chi connectivity index (χ2v) is 23.6. The summed E-state index contributed by atoms with van der Waals surface area (Å²) in [5.41, 5.74) is -0.0947.